The largest absolute Gasteiger partial charge is 0.316 e. The SMILES string of the molecule is CC(N)NCC(CF)CC(C)(F)F. The lowest BCUT2D eigenvalue weighted by Crippen LogP contribution is -2.39. The van der Waals surface area contributed by atoms with Crippen LogP contribution >= 0.6 is 0 Å². The number of nitrogens with one attached hydrogen (secondary N) is 1. The Morgan fingerprint density at radius 3 is 2.31 bits per heavy atom. The minimum absolute atomic E-state index is 0.192. The van der Waals surface area contributed by atoms with Crippen LogP contribution in [0.3, 0.4) is 0 Å². The summed E-state index contributed by atoms with van der Waals surface area (Å²) in [5.74, 6) is -3.47. The van der Waals surface area contributed by atoms with Gasteiger partial charge in [-0.25, -0.2) is 8.78 Å². The predicted octanol–water partition coefficient (Wildman–Crippen LogP) is 1.51. The molecule has 2 atom stereocenters. The molecule has 2 unspecified atom stereocenters. The standard InChI is InChI=1S/C8H17F3N2/c1-6(12)13-5-7(4-9)3-8(2,10)11/h6-7,13H,3-5,12H2,1-2H3. The lowest BCUT2D eigenvalue weighted by molar-refractivity contribution is -0.00698. The van der Waals surface area contributed by atoms with Crippen molar-refractivity contribution in [3.8, 4) is 0 Å². The minimum atomic E-state index is -2.81. The van der Waals surface area contributed by atoms with Crippen LogP contribution in [-0.2, 0) is 0 Å². The average molecular weight is 198 g/mol. The molecule has 80 valence electrons. The molecule has 5 heteroatoms. The first-order valence-corrected chi connectivity index (χ1v) is 4.28. The molecule has 0 aromatic carbocycles. The second-order valence-electron chi connectivity index (χ2n) is 3.49. The molecule has 0 aliphatic heterocycles. The monoisotopic (exact) mass is 198 g/mol. The number of hydrogen-bond donors (Lipinski definition) is 2. The highest BCUT2D eigenvalue weighted by Gasteiger charge is 2.26. The van der Waals surface area contributed by atoms with Gasteiger partial charge in [-0.15, -0.1) is 0 Å². The van der Waals surface area contributed by atoms with Crippen LogP contribution in [0, 0.1) is 5.92 Å². The first-order chi connectivity index (χ1) is 5.85. The van der Waals surface area contributed by atoms with Gasteiger partial charge in [0.2, 0.25) is 5.92 Å². The van der Waals surface area contributed by atoms with E-state index < -0.39 is 24.9 Å². The van der Waals surface area contributed by atoms with E-state index in [1.165, 1.54) is 0 Å². The van der Waals surface area contributed by atoms with Crippen LogP contribution in [0.4, 0.5) is 13.2 Å². The van der Waals surface area contributed by atoms with E-state index >= 15 is 0 Å². The topological polar surface area (TPSA) is 38.0 Å². The molecule has 13 heavy (non-hydrogen) atoms. The third-order valence-electron chi connectivity index (χ3n) is 1.59. The molecule has 2 nitrogen and oxygen atoms in total. The van der Waals surface area contributed by atoms with E-state index in [-0.39, 0.29) is 12.7 Å². The van der Waals surface area contributed by atoms with Gasteiger partial charge in [0, 0.05) is 18.9 Å². The van der Waals surface area contributed by atoms with Gasteiger partial charge in [-0.05, 0) is 13.8 Å². The molecule has 0 bridgehead atoms. The third kappa shape index (κ3) is 8.05. The molecular weight excluding hydrogens is 181 g/mol. The second kappa shape index (κ2) is 5.44. The first kappa shape index (κ1) is 12.7. The van der Waals surface area contributed by atoms with Gasteiger partial charge in [-0.1, -0.05) is 0 Å². The minimum Gasteiger partial charge on any atom is -0.316 e. The van der Waals surface area contributed by atoms with Crippen molar-refractivity contribution in [2.45, 2.75) is 32.4 Å². The number of hydrogen-bond acceptors (Lipinski definition) is 2. The molecular formula is C8H17F3N2. The van der Waals surface area contributed by atoms with Crippen molar-refractivity contribution in [1.29, 1.82) is 0 Å². The fraction of sp³-hybridized carbons (Fsp3) is 1.00. The van der Waals surface area contributed by atoms with Crippen molar-refractivity contribution in [3.63, 3.8) is 0 Å². The van der Waals surface area contributed by atoms with Crippen LogP contribution in [0.25, 0.3) is 0 Å². The third-order valence-corrected chi connectivity index (χ3v) is 1.59. The van der Waals surface area contributed by atoms with Gasteiger partial charge in [0.25, 0.3) is 0 Å². The first-order valence-electron chi connectivity index (χ1n) is 4.28. The Labute approximate surface area is 76.7 Å². The predicted molar refractivity (Wildman–Crippen MR) is 46.4 cm³/mol. The van der Waals surface area contributed by atoms with E-state index in [1.54, 1.807) is 6.92 Å². The molecule has 0 rings (SSSR count). The van der Waals surface area contributed by atoms with Crippen LogP contribution in [0.15, 0.2) is 0 Å². The van der Waals surface area contributed by atoms with E-state index in [9.17, 15) is 13.2 Å². The summed E-state index contributed by atoms with van der Waals surface area (Å²) < 4.78 is 37.1. The number of rotatable bonds is 6. The normalized spacial score (nSPS) is 17.1. The average Bonchev–Trinajstić information content (AvgIpc) is 1.95. The number of halogens is 3. The fourth-order valence-electron chi connectivity index (χ4n) is 1.04. The van der Waals surface area contributed by atoms with Crippen molar-refractivity contribution in [1.82, 2.24) is 5.32 Å². The summed E-state index contributed by atoms with van der Waals surface area (Å²) in [6, 6.07) is 0. The molecule has 0 saturated heterocycles. The van der Waals surface area contributed by atoms with E-state index in [4.69, 9.17) is 5.73 Å². The molecule has 0 aromatic heterocycles. The Morgan fingerprint density at radius 2 is 2.00 bits per heavy atom. The van der Waals surface area contributed by atoms with Crippen LogP contribution in [0.1, 0.15) is 20.3 Å². The van der Waals surface area contributed by atoms with Gasteiger partial charge in [-0.2, -0.15) is 0 Å². The molecule has 3 N–H and O–H groups in total. The molecule has 0 aromatic rings. The lowest BCUT2D eigenvalue weighted by Gasteiger charge is -2.19. The zero-order valence-corrected chi connectivity index (χ0v) is 7.99. The van der Waals surface area contributed by atoms with Gasteiger partial charge >= 0.3 is 0 Å². The van der Waals surface area contributed by atoms with Crippen molar-refractivity contribution in [2.75, 3.05) is 13.2 Å². The van der Waals surface area contributed by atoms with Gasteiger partial charge in [0.05, 0.1) is 12.8 Å². The van der Waals surface area contributed by atoms with Gasteiger partial charge in [0.15, 0.2) is 0 Å². The van der Waals surface area contributed by atoms with Crippen molar-refractivity contribution >= 4 is 0 Å². The smallest absolute Gasteiger partial charge is 0.245 e. The molecule has 0 aliphatic carbocycles. The van der Waals surface area contributed by atoms with E-state index in [2.05, 4.69) is 5.32 Å². The highest BCUT2D eigenvalue weighted by molar-refractivity contribution is 4.70. The molecule has 0 saturated carbocycles. The molecule has 0 fully saturated rings. The fourth-order valence-corrected chi connectivity index (χ4v) is 1.04. The zero-order chi connectivity index (χ0) is 10.5. The van der Waals surface area contributed by atoms with E-state index in [0.29, 0.717) is 0 Å². The van der Waals surface area contributed by atoms with Crippen molar-refractivity contribution < 1.29 is 13.2 Å². The van der Waals surface area contributed by atoms with Gasteiger partial charge in [0.1, 0.15) is 0 Å². The van der Waals surface area contributed by atoms with Gasteiger partial charge < -0.3 is 11.1 Å². The quantitative estimate of drug-likeness (QED) is 0.635. The summed E-state index contributed by atoms with van der Waals surface area (Å²) in [5.41, 5.74) is 5.34. The Morgan fingerprint density at radius 1 is 1.46 bits per heavy atom. The second-order valence-corrected chi connectivity index (χ2v) is 3.49. The Balaban J connectivity index is 3.76. The molecule has 0 radical (unpaired) electrons. The highest BCUT2D eigenvalue weighted by atomic mass is 19.3. The Kier molecular flexibility index (Phi) is 5.32. The molecule has 0 amide bonds. The highest BCUT2D eigenvalue weighted by Crippen LogP contribution is 2.22. The Bertz CT molecular complexity index is 134. The number of nitrogens with two attached hydrogens (primary N) is 1. The molecule has 0 aliphatic rings. The van der Waals surface area contributed by atoms with E-state index in [1.807, 2.05) is 0 Å². The number of alkyl halides is 3. The van der Waals surface area contributed by atoms with Crippen molar-refractivity contribution in [2.24, 2.45) is 11.7 Å². The van der Waals surface area contributed by atoms with Gasteiger partial charge in [-0.3, -0.25) is 4.39 Å². The Hall–Kier alpha value is -0.290. The van der Waals surface area contributed by atoms with Crippen LogP contribution in [-0.4, -0.2) is 25.3 Å². The molecule has 0 spiro atoms. The summed E-state index contributed by atoms with van der Waals surface area (Å²) in [4.78, 5) is 0. The molecule has 0 heterocycles. The maximum atomic E-state index is 12.5. The summed E-state index contributed by atoms with van der Waals surface area (Å²) in [6.45, 7) is 1.92. The van der Waals surface area contributed by atoms with Crippen molar-refractivity contribution in [3.05, 3.63) is 0 Å². The maximum absolute atomic E-state index is 12.5. The summed E-state index contributed by atoms with van der Waals surface area (Å²) in [7, 11) is 0. The van der Waals surface area contributed by atoms with E-state index in [0.717, 1.165) is 6.92 Å². The van der Waals surface area contributed by atoms with Crippen LogP contribution in [0.2, 0.25) is 0 Å². The van der Waals surface area contributed by atoms with Crippen LogP contribution < -0.4 is 11.1 Å². The van der Waals surface area contributed by atoms with Crippen LogP contribution in [0.5, 0.6) is 0 Å². The summed E-state index contributed by atoms with van der Waals surface area (Å²) >= 11 is 0. The lowest BCUT2D eigenvalue weighted by atomic mass is 10.0. The summed E-state index contributed by atoms with van der Waals surface area (Å²) in [5, 5.41) is 2.72. The maximum Gasteiger partial charge on any atom is 0.245 e. The summed E-state index contributed by atoms with van der Waals surface area (Å²) in [6.07, 6.45) is -0.733. The zero-order valence-electron chi connectivity index (χ0n) is 7.99.